The molecule has 1 heterocycles. The SMILES string of the molecule is Cc1cccc(CN2CCN(C(=O)NC3CCCCC3)CC2)c1. The van der Waals surface area contributed by atoms with Crippen LogP contribution in [0.5, 0.6) is 0 Å². The van der Waals surface area contributed by atoms with Gasteiger partial charge in [-0.05, 0) is 25.3 Å². The number of hydrogen-bond donors (Lipinski definition) is 1. The molecule has 0 atom stereocenters. The predicted molar refractivity (Wildman–Crippen MR) is 93.4 cm³/mol. The van der Waals surface area contributed by atoms with Gasteiger partial charge >= 0.3 is 6.03 Å². The quantitative estimate of drug-likeness (QED) is 0.930. The van der Waals surface area contributed by atoms with Crippen LogP contribution in [-0.4, -0.2) is 48.1 Å². The van der Waals surface area contributed by atoms with Gasteiger partial charge in [0, 0.05) is 38.8 Å². The molecule has 4 nitrogen and oxygen atoms in total. The number of amides is 2. The lowest BCUT2D eigenvalue weighted by atomic mass is 9.96. The average molecular weight is 315 g/mol. The summed E-state index contributed by atoms with van der Waals surface area (Å²) in [6.07, 6.45) is 6.15. The van der Waals surface area contributed by atoms with Crippen molar-refractivity contribution in [1.29, 1.82) is 0 Å². The van der Waals surface area contributed by atoms with E-state index in [1.807, 2.05) is 4.90 Å². The number of aryl methyl sites for hydroxylation is 1. The molecule has 2 fully saturated rings. The minimum Gasteiger partial charge on any atom is -0.335 e. The Balaban J connectivity index is 1.43. The molecular weight excluding hydrogens is 286 g/mol. The molecular formula is C19H29N3O. The summed E-state index contributed by atoms with van der Waals surface area (Å²) in [6, 6.07) is 9.25. The van der Waals surface area contributed by atoms with Crippen LogP contribution in [0.4, 0.5) is 4.79 Å². The molecule has 4 heteroatoms. The maximum Gasteiger partial charge on any atom is 0.317 e. The Kier molecular flexibility index (Phi) is 5.55. The van der Waals surface area contributed by atoms with Gasteiger partial charge < -0.3 is 10.2 Å². The Bertz CT molecular complexity index is 517. The summed E-state index contributed by atoms with van der Waals surface area (Å²) in [4.78, 5) is 16.8. The minimum absolute atomic E-state index is 0.145. The van der Waals surface area contributed by atoms with Crippen molar-refractivity contribution in [2.45, 2.75) is 51.6 Å². The number of carbonyl (C=O) groups excluding carboxylic acids is 1. The Labute approximate surface area is 139 Å². The maximum atomic E-state index is 12.4. The smallest absolute Gasteiger partial charge is 0.317 e. The highest BCUT2D eigenvalue weighted by molar-refractivity contribution is 5.74. The standard InChI is InChI=1S/C19H29N3O/c1-16-6-5-7-17(14-16)15-21-10-12-22(13-11-21)19(23)20-18-8-3-2-4-9-18/h5-7,14,18H,2-4,8-13,15H2,1H3,(H,20,23). The van der Waals surface area contributed by atoms with Gasteiger partial charge in [-0.1, -0.05) is 49.1 Å². The Morgan fingerprint density at radius 2 is 1.87 bits per heavy atom. The van der Waals surface area contributed by atoms with Gasteiger partial charge in [-0.3, -0.25) is 4.90 Å². The Hall–Kier alpha value is -1.55. The topological polar surface area (TPSA) is 35.6 Å². The monoisotopic (exact) mass is 315 g/mol. The summed E-state index contributed by atoms with van der Waals surface area (Å²) in [6.45, 7) is 6.73. The molecule has 1 aliphatic heterocycles. The zero-order valence-electron chi connectivity index (χ0n) is 14.3. The summed E-state index contributed by atoms with van der Waals surface area (Å²) < 4.78 is 0. The second-order valence-electron chi connectivity index (χ2n) is 7.04. The van der Waals surface area contributed by atoms with Gasteiger partial charge in [0.2, 0.25) is 0 Å². The second-order valence-corrected chi connectivity index (χ2v) is 7.04. The molecule has 23 heavy (non-hydrogen) atoms. The molecule has 0 spiro atoms. The van der Waals surface area contributed by atoms with Gasteiger partial charge in [-0.15, -0.1) is 0 Å². The number of hydrogen-bond acceptors (Lipinski definition) is 2. The first-order valence-corrected chi connectivity index (χ1v) is 9.04. The number of urea groups is 1. The number of benzene rings is 1. The van der Waals surface area contributed by atoms with Crippen LogP contribution in [0.3, 0.4) is 0 Å². The lowest BCUT2D eigenvalue weighted by Gasteiger charge is -2.36. The number of piperazine rings is 1. The van der Waals surface area contributed by atoms with Gasteiger partial charge in [0.25, 0.3) is 0 Å². The van der Waals surface area contributed by atoms with E-state index in [1.54, 1.807) is 0 Å². The third-order valence-electron chi connectivity index (χ3n) is 5.08. The molecule has 0 aromatic heterocycles. The zero-order valence-corrected chi connectivity index (χ0v) is 14.3. The highest BCUT2D eigenvalue weighted by Crippen LogP contribution is 2.18. The van der Waals surface area contributed by atoms with Crippen molar-refractivity contribution in [3.05, 3.63) is 35.4 Å². The van der Waals surface area contributed by atoms with Gasteiger partial charge in [-0.2, -0.15) is 0 Å². The van der Waals surface area contributed by atoms with Gasteiger partial charge in [0.05, 0.1) is 0 Å². The van der Waals surface area contributed by atoms with Crippen LogP contribution in [0.2, 0.25) is 0 Å². The van der Waals surface area contributed by atoms with Gasteiger partial charge in [-0.25, -0.2) is 4.79 Å². The average Bonchev–Trinajstić information content (AvgIpc) is 2.56. The molecule has 3 rings (SSSR count). The molecule has 1 aromatic carbocycles. The van der Waals surface area contributed by atoms with E-state index < -0.39 is 0 Å². The highest BCUT2D eigenvalue weighted by Gasteiger charge is 2.23. The zero-order chi connectivity index (χ0) is 16.1. The summed E-state index contributed by atoms with van der Waals surface area (Å²) in [5.41, 5.74) is 2.68. The Morgan fingerprint density at radius 3 is 2.57 bits per heavy atom. The lowest BCUT2D eigenvalue weighted by Crippen LogP contribution is -2.53. The molecule has 1 aromatic rings. The van der Waals surface area contributed by atoms with E-state index in [-0.39, 0.29) is 6.03 Å². The second kappa shape index (κ2) is 7.82. The molecule has 0 unspecified atom stereocenters. The molecule has 1 aliphatic carbocycles. The fourth-order valence-electron chi connectivity index (χ4n) is 3.69. The van der Waals surface area contributed by atoms with Crippen LogP contribution in [0.15, 0.2) is 24.3 Å². The molecule has 126 valence electrons. The van der Waals surface area contributed by atoms with Crippen LogP contribution in [0.25, 0.3) is 0 Å². The van der Waals surface area contributed by atoms with E-state index >= 15 is 0 Å². The van der Waals surface area contributed by atoms with E-state index in [1.165, 1.54) is 30.4 Å². The van der Waals surface area contributed by atoms with E-state index in [9.17, 15) is 4.79 Å². The number of carbonyl (C=O) groups is 1. The first-order valence-electron chi connectivity index (χ1n) is 9.04. The van der Waals surface area contributed by atoms with Crippen LogP contribution >= 0.6 is 0 Å². The molecule has 2 aliphatic rings. The Morgan fingerprint density at radius 1 is 1.13 bits per heavy atom. The number of nitrogens with one attached hydrogen (secondary N) is 1. The lowest BCUT2D eigenvalue weighted by molar-refractivity contribution is 0.132. The first kappa shape index (κ1) is 16.3. The largest absolute Gasteiger partial charge is 0.335 e. The summed E-state index contributed by atoms with van der Waals surface area (Å²) in [5, 5.41) is 3.23. The van der Waals surface area contributed by atoms with Crippen molar-refractivity contribution in [3.8, 4) is 0 Å². The third-order valence-corrected chi connectivity index (χ3v) is 5.08. The highest BCUT2D eigenvalue weighted by atomic mass is 16.2. The van der Waals surface area contributed by atoms with Crippen molar-refractivity contribution >= 4 is 6.03 Å². The molecule has 1 N–H and O–H groups in total. The summed E-state index contributed by atoms with van der Waals surface area (Å²) in [5.74, 6) is 0. The van der Waals surface area contributed by atoms with Crippen molar-refractivity contribution in [3.63, 3.8) is 0 Å². The first-order chi connectivity index (χ1) is 11.2. The molecule has 0 radical (unpaired) electrons. The fraction of sp³-hybridized carbons (Fsp3) is 0.632. The van der Waals surface area contributed by atoms with Crippen LogP contribution in [-0.2, 0) is 6.54 Å². The van der Waals surface area contributed by atoms with Crippen LogP contribution in [0.1, 0.15) is 43.2 Å². The molecule has 1 saturated heterocycles. The number of nitrogens with zero attached hydrogens (tertiary/aromatic N) is 2. The van der Waals surface area contributed by atoms with Crippen LogP contribution < -0.4 is 5.32 Å². The number of rotatable bonds is 3. The predicted octanol–water partition coefficient (Wildman–Crippen LogP) is 3.15. The van der Waals surface area contributed by atoms with Crippen LogP contribution in [0, 0.1) is 6.92 Å². The molecule has 1 saturated carbocycles. The van der Waals surface area contributed by atoms with E-state index in [0.29, 0.717) is 6.04 Å². The normalized spacial score (nSPS) is 20.5. The van der Waals surface area contributed by atoms with Crippen molar-refractivity contribution in [2.24, 2.45) is 0 Å². The van der Waals surface area contributed by atoms with E-state index in [4.69, 9.17) is 0 Å². The van der Waals surface area contributed by atoms with Crippen molar-refractivity contribution in [2.75, 3.05) is 26.2 Å². The maximum absolute atomic E-state index is 12.4. The summed E-state index contributed by atoms with van der Waals surface area (Å²) >= 11 is 0. The van der Waals surface area contributed by atoms with Gasteiger partial charge in [0.1, 0.15) is 0 Å². The fourth-order valence-corrected chi connectivity index (χ4v) is 3.69. The van der Waals surface area contributed by atoms with E-state index in [0.717, 1.165) is 45.6 Å². The van der Waals surface area contributed by atoms with E-state index in [2.05, 4.69) is 41.4 Å². The summed E-state index contributed by atoms with van der Waals surface area (Å²) in [7, 11) is 0. The van der Waals surface area contributed by atoms with Crippen molar-refractivity contribution in [1.82, 2.24) is 15.1 Å². The molecule has 0 bridgehead atoms. The molecule has 2 amide bonds. The van der Waals surface area contributed by atoms with Crippen molar-refractivity contribution < 1.29 is 4.79 Å². The minimum atomic E-state index is 0.145. The van der Waals surface area contributed by atoms with Gasteiger partial charge in [0.15, 0.2) is 0 Å². The third kappa shape index (κ3) is 4.71.